The molecule has 0 atom stereocenters. The summed E-state index contributed by atoms with van der Waals surface area (Å²) in [6, 6.07) is 0.445. The lowest BCUT2D eigenvalue weighted by atomic mass is 9.52. The minimum Gasteiger partial charge on any atom is -0.378 e. The third-order valence-electron chi connectivity index (χ3n) is 6.67. The molecule has 5 aliphatic rings. The molecule has 0 amide bonds. The SMILES string of the molecule is NC1CCC(OCC2C3CC4CC(C3)CC2C4)CC1. The molecule has 5 rings (SSSR count). The van der Waals surface area contributed by atoms with Crippen molar-refractivity contribution in [3.63, 3.8) is 0 Å². The highest BCUT2D eigenvalue weighted by atomic mass is 16.5. The molecule has 0 aromatic rings. The van der Waals surface area contributed by atoms with E-state index in [1.807, 2.05) is 0 Å². The summed E-state index contributed by atoms with van der Waals surface area (Å²) in [5.41, 5.74) is 5.98. The van der Waals surface area contributed by atoms with Gasteiger partial charge in [-0.15, -0.1) is 0 Å². The summed E-state index contributed by atoms with van der Waals surface area (Å²) in [5.74, 6) is 5.12. The molecule has 108 valence electrons. The van der Waals surface area contributed by atoms with Crippen LogP contribution in [0.15, 0.2) is 0 Å². The second-order valence-electron chi connectivity index (χ2n) is 7.96. The lowest BCUT2D eigenvalue weighted by molar-refractivity contribution is -0.0911. The lowest BCUT2D eigenvalue weighted by Crippen LogP contribution is -2.47. The van der Waals surface area contributed by atoms with Crippen molar-refractivity contribution in [2.75, 3.05) is 6.61 Å². The Morgan fingerprint density at radius 2 is 1.37 bits per heavy atom. The molecule has 0 aromatic heterocycles. The maximum absolute atomic E-state index is 6.30. The number of ether oxygens (including phenoxy) is 1. The van der Waals surface area contributed by atoms with E-state index in [1.54, 1.807) is 6.42 Å². The summed E-state index contributed by atoms with van der Waals surface area (Å²) in [4.78, 5) is 0. The summed E-state index contributed by atoms with van der Waals surface area (Å²) in [6.45, 7) is 1.06. The molecule has 4 bridgehead atoms. The Bertz CT molecular complexity index is 293. The standard InChI is InChI=1S/C17H29NO/c18-15-1-3-16(4-2-15)19-10-17-13-6-11-5-12(8-13)9-14(17)7-11/h11-17H,1-10,18H2. The van der Waals surface area contributed by atoms with Crippen LogP contribution in [-0.2, 0) is 4.74 Å². The van der Waals surface area contributed by atoms with Gasteiger partial charge in [0.25, 0.3) is 0 Å². The summed E-state index contributed by atoms with van der Waals surface area (Å²) in [5, 5.41) is 0. The molecular weight excluding hydrogens is 234 g/mol. The van der Waals surface area contributed by atoms with Gasteiger partial charge in [-0.2, -0.15) is 0 Å². The molecule has 2 N–H and O–H groups in total. The van der Waals surface area contributed by atoms with Crippen molar-refractivity contribution in [2.45, 2.75) is 69.9 Å². The molecule has 0 radical (unpaired) electrons. The van der Waals surface area contributed by atoms with Gasteiger partial charge >= 0.3 is 0 Å². The van der Waals surface area contributed by atoms with Crippen molar-refractivity contribution < 1.29 is 4.74 Å². The Morgan fingerprint density at radius 1 is 0.789 bits per heavy atom. The number of nitrogens with two attached hydrogens (primary N) is 1. The molecule has 0 unspecified atom stereocenters. The first-order valence-corrected chi connectivity index (χ1v) is 8.65. The van der Waals surface area contributed by atoms with Crippen LogP contribution < -0.4 is 5.73 Å². The van der Waals surface area contributed by atoms with Gasteiger partial charge in [-0.05, 0) is 87.4 Å². The number of hydrogen-bond donors (Lipinski definition) is 1. The van der Waals surface area contributed by atoms with Crippen LogP contribution in [0.3, 0.4) is 0 Å². The topological polar surface area (TPSA) is 35.2 Å². The fourth-order valence-corrected chi connectivity index (χ4v) is 5.81. The van der Waals surface area contributed by atoms with Gasteiger partial charge in [-0.1, -0.05) is 0 Å². The Labute approximate surface area is 117 Å². The van der Waals surface area contributed by atoms with E-state index < -0.39 is 0 Å². The Balaban J connectivity index is 1.31. The van der Waals surface area contributed by atoms with Crippen LogP contribution >= 0.6 is 0 Å². The molecule has 5 aliphatic carbocycles. The summed E-state index contributed by atoms with van der Waals surface area (Å²) < 4.78 is 6.30. The van der Waals surface area contributed by atoms with Gasteiger partial charge in [0.1, 0.15) is 0 Å². The quantitative estimate of drug-likeness (QED) is 0.847. The Hall–Kier alpha value is -0.0800. The van der Waals surface area contributed by atoms with Crippen molar-refractivity contribution in [1.29, 1.82) is 0 Å². The van der Waals surface area contributed by atoms with Gasteiger partial charge in [-0.25, -0.2) is 0 Å². The predicted octanol–water partition coefficient (Wildman–Crippen LogP) is 3.35. The van der Waals surface area contributed by atoms with Crippen LogP contribution in [-0.4, -0.2) is 18.8 Å². The molecule has 5 saturated carbocycles. The van der Waals surface area contributed by atoms with Crippen LogP contribution in [0.1, 0.15) is 57.8 Å². The number of rotatable bonds is 3. The largest absolute Gasteiger partial charge is 0.378 e. The molecule has 2 heteroatoms. The normalized spacial score (nSPS) is 52.6. The molecule has 0 heterocycles. The first kappa shape index (κ1) is 12.6. The van der Waals surface area contributed by atoms with E-state index in [0.717, 1.165) is 36.2 Å². The Morgan fingerprint density at radius 3 is 1.95 bits per heavy atom. The van der Waals surface area contributed by atoms with E-state index >= 15 is 0 Å². The van der Waals surface area contributed by atoms with Crippen molar-refractivity contribution in [3.05, 3.63) is 0 Å². The first-order valence-electron chi connectivity index (χ1n) is 8.65. The molecule has 0 aromatic carbocycles. The third kappa shape index (κ3) is 2.47. The van der Waals surface area contributed by atoms with E-state index in [-0.39, 0.29) is 0 Å². The monoisotopic (exact) mass is 263 g/mol. The van der Waals surface area contributed by atoms with Crippen LogP contribution in [0.25, 0.3) is 0 Å². The van der Waals surface area contributed by atoms with Gasteiger partial charge in [0, 0.05) is 6.04 Å². The molecule has 19 heavy (non-hydrogen) atoms. The van der Waals surface area contributed by atoms with E-state index in [9.17, 15) is 0 Å². The van der Waals surface area contributed by atoms with Crippen LogP contribution in [0.4, 0.5) is 0 Å². The zero-order chi connectivity index (χ0) is 12.8. The average molecular weight is 263 g/mol. The maximum atomic E-state index is 6.30. The highest BCUT2D eigenvalue weighted by Crippen LogP contribution is 2.56. The molecular formula is C17H29NO. The van der Waals surface area contributed by atoms with E-state index in [2.05, 4.69) is 0 Å². The van der Waals surface area contributed by atoms with Gasteiger partial charge in [-0.3, -0.25) is 0 Å². The highest BCUT2D eigenvalue weighted by molar-refractivity contribution is 4.98. The fraction of sp³-hybridized carbons (Fsp3) is 1.00. The molecule has 2 nitrogen and oxygen atoms in total. The maximum Gasteiger partial charge on any atom is 0.0576 e. The smallest absolute Gasteiger partial charge is 0.0576 e. The van der Waals surface area contributed by atoms with Gasteiger partial charge in [0.2, 0.25) is 0 Å². The molecule has 0 spiro atoms. The van der Waals surface area contributed by atoms with Crippen LogP contribution in [0.5, 0.6) is 0 Å². The molecule has 5 fully saturated rings. The van der Waals surface area contributed by atoms with Crippen molar-refractivity contribution in [3.8, 4) is 0 Å². The van der Waals surface area contributed by atoms with Crippen molar-refractivity contribution in [2.24, 2.45) is 35.3 Å². The van der Waals surface area contributed by atoms with Crippen molar-refractivity contribution in [1.82, 2.24) is 0 Å². The average Bonchev–Trinajstić information content (AvgIpc) is 2.39. The zero-order valence-electron chi connectivity index (χ0n) is 12.1. The zero-order valence-corrected chi connectivity index (χ0v) is 12.1. The van der Waals surface area contributed by atoms with Gasteiger partial charge < -0.3 is 10.5 Å². The fourth-order valence-electron chi connectivity index (χ4n) is 5.81. The van der Waals surface area contributed by atoms with E-state index in [4.69, 9.17) is 10.5 Å². The number of hydrogen-bond acceptors (Lipinski definition) is 2. The van der Waals surface area contributed by atoms with Gasteiger partial charge in [0.05, 0.1) is 12.7 Å². The van der Waals surface area contributed by atoms with Crippen LogP contribution in [0, 0.1) is 29.6 Å². The third-order valence-corrected chi connectivity index (χ3v) is 6.67. The predicted molar refractivity (Wildman–Crippen MR) is 76.7 cm³/mol. The van der Waals surface area contributed by atoms with Crippen molar-refractivity contribution >= 4 is 0 Å². The minimum atomic E-state index is 0.445. The second kappa shape index (κ2) is 5.04. The van der Waals surface area contributed by atoms with E-state index in [1.165, 1.54) is 51.4 Å². The first-order chi connectivity index (χ1) is 9.28. The molecule has 0 saturated heterocycles. The highest BCUT2D eigenvalue weighted by Gasteiger charge is 2.48. The summed E-state index contributed by atoms with van der Waals surface area (Å²) >= 11 is 0. The molecule has 0 aliphatic heterocycles. The Kier molecular flexibility index (Phi) is 3.35. The minimum absolute atomic E-state index is 0.445. The summed E-state index contributed by atoms with van der Waals surface area (Å²) in [6.07, 6.45) is 12.9. The van der Waals surface area contributed by atoms with Gasteiger partial charge in [0.15, 0.2) is 0 Å². The second-order valence-corrected chi connectivity index (χ2v) is 7.96. The lowest BCUT2D eigenvalue weighted by Gasteiger charge is -2.54. The summed E-state index contributed by atoms with van der Waals surface area (Å²) in [7, 11) is 0. The van der Waals surface area contributed by atoms with E-state index in [0.29, 0.717) is 12.1 Å². The van der Waals surface area contributed by atoms with Crippen LogP contribution in [0.2, 0.25) is 0 Å².